The normalized spacial score (nSPS) is 10.5. The highest BCUT2D eigenvalue weighted by atomic mass is 79.9. The number of benzene rings is 1. The summed E-state index contributed by atoms with van der Waals surface area (Å²) < 4.78 is 14.0. The van der Waals surface area contributed by atoms with Gasteiger partial charge in [-0.25, -0.2) is 4.39 Å². The Labute approximate surface area is 111 Å². The van der Waals surface area contributed by atoms with E-state index in [9.17, 15) is 9.18 Å². The molecule has 0 N–H and O–H groups in total. The van der Waals surface area contributed by atoms with Crippen LogP contribution in [0.25, 0.3) is 10.4 Å². The summed E-state index contributed by atoms with van der Waals surface area (Å²) in [6.07, 6.45) is 0.490. The van der Waals surface area contributed by atoms with Gasteiger partial charge in [-0.2, -0.15) is 0 Å². The topological polar surface area (TPSA) is 17.1 Å². The third kappa shape index (κ3) is 2.64. The molecule has 0 saturated heterocycles. The number of rotatable bonds is 3. The first-order valence-electron chi connectivity index (χ1n) is 5.20. The van der Waals surface area contributed by atoms with Crippen molar-refractivity contribution in [2.45, 2.75) is 13.3 Å². The quantitative estimate of drug-likeness (QED) is 0.736. The Bertz CT molecular complexity index is 562. The average Bonchev–Trinajstić information content (AvgIpc) is 2.80. The van der Waals surface area contributed by atoms with Crippen LogP contribution in [0.15, 0.2) is 34.8 Å². The van der Waals surface area contributed by atoms with Crippen molar-refractivity contribution in [2.75, 3.05) is 0 Å². The van der Waals surface area contributed by atoms with Gasteiger partial charge in [0.25, 0.3) is 0 Å². The molecule has 2 aromatic rings. The molecule has 0 saturated carbocycles. The summed E-state index contributed by atoms with van der Waals surface area (Å²) in [5.74, 6) is -0.159. The SMILES string of the molecule is CCC(=O)c1ccc(-c2cc(F)ccc2Br)s1. The molecule has 4 heteroatoms. The monoisotopic (exact) mass is 312 g/mol. The predicted octanol–water partition coefficient (Wildman–Crippen LogP) is 4.91. The number of hydrogen-bond acceptors (Lipinski definition) is 2. The lowest BCUT2D eigenvalue weighted by molar-refractivity contribution is 0.0992. The van der Waals surface area contributed by atoms with Crippen LogP contribution >= 0.6 is 27.3 Å². The van der Waals surface area contributed by atoms with Crippen LogP contribution in [0.3, 0.4) is 0 Å². The third-order valence-corrected chi connectivity index (χ3v) is 4.25. The number of halogens is 2. The van der Waals surface area contributed by atoms with Crippen molar-refractivity contribution in [3.63, 3.8) is 0 Å². The van der Waals surface area contributed by atoms with E-state index in [0.717, 1.165) is 19.8 Å². The predicted molar refractivity (Wildman–Crippen MR) is 72.0 cm³/mol. The molecule has 0 aliphatic carbocycles. The Morgan fingerprint density at radius 2 is 2.12 bits per heavy atom. The molecule has 1 heterocycles. The number of carbonyl (C=O) groups is 1. The highest BCUT2D eigenvalue weighted by Crippen LogP contribution is 2.34. The van der Waals surface area contributed by atoms with Crippen molar-refractivity contribution < 1.29 is 9.18 Å². The first-order valence-corrected chi connectivity index (χ1v) is 6.81. The fourth-order valence-corrected chi connectivity index (χ4v) is 3.13. The lowest BCUT2D eigenvalue weighted by Gasteiger charge is -2.01. The highest BCUT2D eigenvalue weighted by molar-refractivity contribution is 9.10. The first-order chi connectivity index (χ1) is 8.11. The van der Waals surface area contributed by atoms with E-state index in [0.29, 0.717) is 6.42 Å². The van der Waals surface area contributed by atoms with E-state index in [2.05, 4.69) is 15.9 Å². The van der Waals surface area contributed by atoms with E-state index >= 15 is 0 Å². The summed E-state index contributed by atoms with van der Waals surface area (Å²) in [7, 11) is 0. The minimum absolute atomic E-state index is 0.119. The maximum atomic E-state index is 13.2. The molecule has 1 aromatic heterocycles. The molecule has 0 unspecified atom stereocenters. The van der Waals surface area contributed by atoms with Crippen molar-refractivity contribution in [1.82, 2.24) is 0 Å². The van der Waals surface area contributed by atoms with E-state index in [1.165, 1.54) is 23.5 Å². The minimum atomic E-state index is -0.278. The zero-order valence-corrected chi connectivity index (χ0v) is 11.6. The van der Waals surface area contributed by atoms with Crippen molar-refractivity contribution in [1.29, 1.82) is 0 Å². The van der Waals surface area contributed by atoms with Crippen molar-refractivity contribution in [3.8, 4) is 10.4 Å². The second-order valence-electron chi connectivity index (χ2n) is 3.56. The lowest BCUT2D eigenvalue weighted by Crippen LogP contribution is -1.90. The molecular formula is C13H10BrFOS. The number of hydrogen-bond donors (Lipinski definition) is 0. The Morgan fingerprint density at radius 3 is 2.82 bits per heavy atom. The van der Waals surface area contributed by atoms with E-state index in [4.69, 9.17) is 0 Å². The van der Waals surface area contributed by atoms with Gasteiger partial charge >= 0.3 is 0 Å². The summed E-state index contributed by atoms with van der Waals surface area (Å²) in [5, 5.41) is 0. The van der Waals surface area contributed by atoms with E-state index < -0.39 is 0 Å². The zero-order valence-electron chi connectivity index (χ0n) is 9.17. The van der Waals surface area contributed by atoms with Crippen LogP contribution in [0.5, 0.6) is 0 Å². The fraction of sp³-hybridized carbons (Fsp3) is 0.154. The molecule has 0 aliphatic heterocycles. The van der Waals surface area contributed by atoms with E-state index in [-0.39, 0.29) is 11.6 Å². The van der Waals surface area contributed by atoms with Gasteiger partial charge in [0.2, 0.25) is 0 Å². The fourth-order valence-electron chi connectivity index (χ4n) is 1.49. The summed E-state index contributed by atoms with van der Waals surface area (Å²) in [6.45, 7) is 1.83. The molecule has 0 spiro atoms. The molecule has 0 fully saturated rings. The van der Waals surface area contributed by atoms with Crippen LogP contribution < -0.4 is 0 Å². The maximum absolute atomic E-state index is 13.2. The molecule has 17 heavy (non-hydrogen) atoms. The van der Waals surface area contributed by atoms with Crippen LogP contribution in [-0.4, -0.2) is 5.78 Å². The molecule has 0 amide bonds. The molecule has 0 bridgehead atoms. The molecule has 1 aromatic carbocycles. The van der Waals surface area contributed by atoms with Crippen LogP contribution in [0.1, 0.15) is 23.0 Å². The number of ketones is 1. The van der Waals surface area contributed by atoms with Gasteiger partial charge in [0.05, 0.1) is 4.88 Å². The van der Waals surface area contributed by atoms with Gasteiger partial charge in [-0.15, -0.1) is 11.3 Å². The molecule has 1 nitrogen and oxygen atoms in total. The van der Waals surface area contributed by atoms with Crippen molar-refractivity contribution >= 4 is 33.0 Å². The summed E-state index contributed by atoms with van der Waals surface area (Å²) in [5.41, 5.74) is 0.783. The summed E-state index contributed by atoms with van der Waals surface area (Å²) in [6, 6.07) is 8.19. The third-order valence-electron chi connectivity index (χ3n) is 2.40. The summed E-state index contributed by atoms with van der Waals surface area (Å²) >= 11 is 4.78. The Hall–Kier alpha value is -1.00. The van der Waals surface area contributed by atoms with Crippen LogP contribution in [-0.2, 0) is 0 Å². The van der Waals surface area contributed by atoms with E-state index in [1.807, 2.05) is 13.0 Å². The Morgan fingerprint density at radius 1 is 1.35 bits per heavy atom. The molecular weight excluding hydrogens is 303 g/mol. The zero-order chi connectivity index (χ0) is 12.4. The minimum Gasteiger partial charge on any atom is -0.293 e. The standard InChI is InChI=1S/C13H10BrFOS/c1-2-11(16)13-6-5-12(17-13)9-7-8(15)3-4-10(9)14/h3-7H,2H2,1H3. The van der Waals surface area contributed by atoms with E-state index in [1.54, 1.807) is 12.1 Å². The second-order valence-corrected chi connectivity index (χ2v) is 5.50. The van der Waals surface area contributed by atoms with Crippen molar-refractivity contribution in [2.24, 2.45) is 0 Å². The molecule has 88 valence electrons. The average molecular weight is 313 g/mol. The van der Waals surface area contributed by atoms with Gasteiger partial charge in [0.15, 0.2) is 5.78 Å². The second kappa shape index (κ2) is 5.10. The van der Waals surface area contributed by atoms with Gasteiger partial charge in [0, 0.05) is 21.3 Å². The maximum Gasteiger partial charge on any atom is 0.172 e. The van der Waals surface area contributed by atoms with Gasteiger partial charge in [-0.1, -0.05) is 22.9 Å². The highest BCUT2D eigenvalue weighted by Gasteiger charge is 2.11. The van der Waals surface area contributed by atoms with Gasteiger partial charge in [-0.05, 0) is 30.3 Å². The Kier molecular flexibility index (Phi) is 3.74. The van der Waals surface area contributed by atoms with Gasteiger partial charge < -0.3 is 0 Å². The lowest BCUT2D eigenvalue weighted by atomic mass is 10.2. The van der Waals surface area contributed by atoms with Gasteiger partial charge in [0.1, 0.15) is 5.82 Å². The molecule has 0 atom stereocenters. The molecule has 0 aliphatic rings. The van der Waals surface area contributed by atoms with Gasteiger partial charge in [-0.3, -0.25) is 4.79 Å². The summed E-state index contributed by atoms with van der Waals surface area (Å²) in [4.78, 5) is 13.2. The van der Waals surface area contributed by atoms with Crippen molar-refractivity contribution in [3.05, 3.63) is 45.5 Å². The first kappa shape index (κ1) is 12.5. The molecule has 2 rings (SSSR count). The smallest absolute Gasteiger partial charge is 0.172 e. The Balaban J connectivity index is 2.43. The number of thiophene rings is 1. The molecule has 0 radical (unpaired) electrons. The van der Waals surface area contributed by atoms with Crippen LogP contribution in [0, 0.1) is 5.82 Å². The van der Waals surface area contributed by atoms with Crippen LogP contribution in [0.2, 0.25) is 0 Å². The number of Topliss-reactive ketones (excluding diaryl/α,β-unsaturated/α-hetero) is 1. The van der Waals surface area contributed by atoms with Crippen LogP contribution in [0.4, 0.5) is 4.39 Å². The largest absolute Gasteiger partial charge is 0.293 e. The number of carbonyl (C=O) groups excluding carboxylic acids is 1.